The van der Waals surface area contributed by atoms with Gasteiger partial charge in [-0.2, -0.15) is 0 Å². The first-order valence-corrected chi connectivity index (χ1v) is 7.06. The van der Waals surface area contributed by atoms with Crippen LogP contribution in [0.5, 0.6) is 0 Å². The smallest absolute Gasteiger partial charge is 0.0252 e. The van der Waals surface area contributed by atoms with Crippen molar-refractivity contribution >= 4 is 0 Å². The van der Waals surface area contributed by atoms with E-state index in [0.717, 1.165) is 12.0 Å². The van der Waals surface area contributed by atoms with Gasteiger partial charge in [-0.3, -0.25) is 4.90 Å². The van der Waals surface area contributed by atoms with Crippen molar-refractivity contribution in [3.05, 3.63) is 0 Å². The number of nitrogens with zero attached hydrogens (tertiary/aromatic N) is 1. The molecule has 0 spiro atoms. The van der Waals surface area contributed by atoms with Crippen LogP contribution in [0.2, 0.25) is 0 Å². The lowest BCUT2D eigenvalue weighted by atomic mass is 10.0. The molecular weight excluding hydrogens is 196 g/mol. The first kappa shape index (κ1) is 12.4. The van der Waals surface area contributed by atoms with E-state index >= 15 is 0 Å². The van der Waals surface area contributed by atoms with Crippen LogP contribution in [0.1, 0.15) is 52.9 Å². The molecule has 1 N–H and O–H groups in total. The molecule has 1 saturated carbocycles. The minimum atomic E-state index is 0.295. The number of nitrogens with one attached hydrogen (secondary N) is 1. The van der Waals surface area contributed by atoms with E-state index in [1.165, 1.54) is 51.7 Å². The summed E-state index contributed by atoms with van der Waals surface area (Å²) >= 11 is 0. The fourth-order valence-corrected chi connectivity index (χ4v) is 3.29. The molecule has 1 aliphatic heterocycles. The van der Waals surface area contributed by atoms with Crippen molar-refractivity contribution in [3.63, 3.8) is 0 Å². The van der Waals surface area contributed by atoms with Gasteiger partial charge >= 0.3 is 0 Å². The highest BCUT2D eigenvalue weighted by Gasteiger charge is 2.29. The molecule has 0 aromatic rings. The van der Waals surface area contributed by atoms with E-state index in [2.05, 4.69) is 31.0 Å². The van der Waals surface area contributed by atoms with E-state index in [0.29, 0.717) is 5.54 Å². The molecule has 0 bridgehead atoms. The van der Waals surface area contributed by atoms with Gasteiger partial charge in [0.05, 0.1) is 0 Å². The first-order chi connectivity index (χ1) is 7.57. The number of rotatable bonds is 2. The summed E-state index contributed by atoms with van der Waals surface area (Å²) in [6, 6.07) is 0.759. The quantitative estimate of drug-likeness (QED) is 0.776. The molecule has 2 heteroatoms. The van der Waals surface area contributed by atoms with E-state index in [4.69, 9.17) is 0 Å². The second kappa shape index (κ2) is 5.05. The van der Waals surface area contributed by atoms with Crippen molar-refractivity contribution < 1.29 is 0 Å². The average Bonchev–Trinajstić information content (AvgIpc) is 2.64. The van der Waals surface area contributed by atoms with E-state index < -0.39 is 0 Å². The predicted molar refractivity (Wildman–Crippen MR) is 69.7 cm³/mol. The van der Waals surface area contributed by atoms with Gasteiger partial charge < -0.3 is 5.32 Å². The van der Waals surface area contributed by atoms with Gasteiger partial charge in [0, 0.05) is 24.7 Å². The normalized spacial score (nSPS) is 32.8. The van der Waals surface area contributed by atoms with Gasteiger partial charge in [0.2, 0.25) is 0 Å². The second-order valence-electron chi connectivity index (χ2n) is 6.53. The van der Waals surface area contributed by atoms with Crippen LogP contribution in [0.25, 0.3) is 0 Å². The summed E-state index contributed by atoms with van der Waals surface area (Å²) in [5, 5.41) is 3.66. The molecule has 0 aromatic heterocycles. The zero-order valence-electron chi connectivity index (χ0n) is 11.3. The van der Waals surface area contributed by atoms with Gasteiger partial charge in [-0.1, -0.05) is 12.8 Å². The highest BCUT2D eigenvalue weighted by Crippen LogP contribution is 2.27. The van der Waals surface area contributed by atoms with Crippen molar-refractivity contribution in [2.45, 2.75) is 64.5 Å². The Morgan fingerprint density at radius 3 is 2.56 bits per heavy atom. The third-order valence-corrected chi connectivity index (χ3v) is 4.35. The fourth-order valence-electron chi connectivity index (χ4n) is 3.29. The SMILES string of the molecule is CC1CCNC(C)(C)CN1CC1CCCC1. The monoisotopic (exact) mass is 224 g/mol. The highest BCUT2D eigenvalue weighted by molar-refractivity contribution is 4.89. The average molecular weight is 224 g/mol. The summed E-state index contributed by atoms with van der Waals surface area (Å²) < 4.78 is 0. The summed E-state index contributed by atoms with van der Waals surface area (Å²) in [6.45, 7) is 10.8. The standard InChI is InChI=1S/C14H28N2/c1-12-8-9-15-14(2,3)11-16(12)10-13-6-4-5-7-13/h12-13,15H,4-11H2,1-3H3. The van der Waals surface area contributed by atoms with Gasteiger partial charge in [-0.25, -0.2) is 0 Å². The first-order valence-electron chi connectivity index (χ1n) is 7.06. The maximum Gasteiger partial charge on any atom is 0.0252 e. The van der Waals surface area contributed by atoms with Gasteiger partial charge in [0.1, 0.15) is 0 Å². The van der Waals surface area contributed by atoms with Crippen molar-refractivity contribution in [3.8, 4) is 0 Å². The summed E-state index contributed by atoms with van der Waals surface area (Å²) in [5.41, 5.74) is 0.295. The molecule has 2 rings (SSSR count). The van der Waals surface area contributed by atoms with Gasteiger partial charge in [-0.15, -0.1) is 0 Å². The molecule has 16 heavy (non-hydrogen) atoms. The molecule has 0 aromatic carbocycles. The molecule has 2 nitrogen and oxygen atoms in total. The Hall–Kier alpha value is -0.0800. The second-order valence-corrected chi connectivity index (χ2v) is 6.53. The Balaban J connectivity index is 1.93. The molecule has 1 heterocycles. The molecule has 1 atom stereocenters. The van der Waals surface area contributed by atoms with Crippen LogP contribution in [0.4, 0.5) is 0 Å². The molecular formula is C14H28N2. The zero-order chi connectivity index (χ0) is 11.6. The van der Waals surface area contributed by atoms with Crippen LogP contribution >= 0.6 is 0 Å². The Labute approximate surface area is 101 Å². The minimum absolute atomic E-state index is 0.295. The Kier molecular flexibility index (Phi) is 3.91. The summed E-state index contributed by atoms with van der Waals surface area (Å²) in [4.78, 5) is 2.73. The van der Waals surface area contributed by atoms with Crippen LogP contribution in [-0.4, -0.2) is 36.1 Å². The molecule has 0 radical (unpaired) electrons. The molecule has 1 unspecified atom stereocenters. The van der Waals surface area contributed by atoms with E-state index in [1.54, 1.807) is 0 Å². The highest BCUT2D eigenvalue weighted by atomic mass is 15.2. The summed E-state index contributed by atoms with van der Waals surface area (Å²) in [6.07, 6.45) is 7.17. The lowest BCUT2D eigenvalue weighted by Gasteiger charge is -2.34. The van der Waals surface area contributed by atoms with E-state index in [1.807, 2.05) is 0 Å². The van der Waals surface area contributed by atoms with Gasteiger partial charge in [-0.05, 0) is 52.5 Å². The Bertz CT molecular complexity index is 219. The van der Waals surface area contributed by atoms with Crippen LogP contribution in [-0.2, 0) is 0 Å². The minimum Gasteiger partial charge on any atom is -0.310 e. The third-order valence-electron chi connectivity index (χ3n) is 4.35. The molecule has 0 amide bonds. The largest absolute Gasteiger partial charge is 0.310 e. The Morgan fingerprint density at radius 2 is 1.88 bits per heavy atom. The van der Waals surface area contributed by atoms with Crippen LogP contribution in [0, 0.1) is 5.92 Å². The molecule has 2 fully saturated rings. The number of hydrogen-bond donors (Lipinski definition) is 1. The van der Waals surface area contributed by atoms with E-state index in [-0.39, 0.29) is 0 Å². The van der Waals surface area contributed by atoms with Crippen LogP contribution in [0.15, 0.2) is 0 Å². The predicted octanol–water partition coefficient (Wildman–Crippen LogP) is 2.64. The van der Waals surface area contributed by atoms with E-state index in [9.17, 15) is 0 Å². The zero-order valence-corrected chi connectivity index (χ0v) is 11.3. The summed E-state index contributed by atoms with van der Waals surface area (Å²) in [7, 11) is 0. The van der Waals surface area contributed by atoms with Crippen molar-refractivity contribution in [2.24, 2.45) is 5.92 Å². The van der Waals surface area contributed by atoms with Crippen LogP contribution in [0.3, 0.4) is 0 Å². The third kappa shape index (κ3) is 3.21. The maximum absolute atomic E-state index is 3.66. The lowest BCUT2D eigenvalue weighted by Crippen LogP contribution is -2.48. The van der Waals surface area contributed by atoms with Crippen molar-refractivity contribution in [1.82, 2.24) is 10.2 Å². The van der Waals surface area contributed by atoms with Crippen LogP contribution < -0.4 is 5.32 Å². The maximum atomic E-state index is 3.66. The topological polar surface area (TPSA) is 15.3 Å². The molecule has 1 saturated heterocycles. The molecule has 1 aliphatic carbocycles. The lowest BCUT2D eigenvalue weighted by molar-refractivity contribution is 0.155. The van der Waals surface area contributed by atoms with Crippen molar-refractivity contribution in [2.75, 3.05) is 19.6 Å². The van der Waals surface area contributed by atoms with Crippen molar-refractivity contribution in [1.29, 1.82) is 0 Å². The molecule has 94 valence electrons. The fraction of sp³-hybridized carbons (Fsp3) is 1.00. The van der Waals surface area contributed by atoms with Gasteiger partial charge in [0.25, 0.3) is 0 Å². The summed E-state index contributed by atoms with van der Waals surface area (Å²) in [5.74, 6) is 0.983. The number of hydrogen-bond acceptors (Lipinski definition) is 2. The van der Waals surface area contributed by atoms with Gasteiger partial charge in [0.15, 0.2) is 0 Å². The molecule has 2 aliphatic rings. The Morgan fingerprint density at radius 1 is 1.19 bits per heavy atom.